The topological polar surface area (TPSA) is 29.3 Å². The molecule has 1 rings (SSSR count). The van der Waals surface area contributed by atoms with Gasteiger partial charge in [-0.15, -0.1) is 0 Å². The van der Waals surface area contributed by atoms with Gasteiger partial charge in [-0.05, 0) is 19.3 Å². The van der Waals surface area contributed by atoms with E-state index in [0.29, 0.717) is 0 Å². The predicted octanol–water partition coefficient (Wildman–Crippen LogP) is 2.89. The highest BCUT2D eigenvalue weighted by Gasteiger charge is 2.17. The highest BCUT2D eigenvalue weighted by molar-refractivity contribution is 5.04. The third-order valence-electron chi connectivity index (χ3n) is 3.31. The second kappa shape index (κ2) is 6.89. The minimum atomic E-state index is 0.194. The van der Waals surface area contributed by atoms with Crippen molar-refractivity contribution < 1.29 is 0 Å². The van der Waals surface area contributed by atoms with Gasteiger partial charge in [-0.2, -0.15) is 0 Å². The molecule has 88 valence electrons. The standard InChI is InChI=1S/C13H26N2/c1-3-4-5-6-9-13(14)12(2)15-10-7-8-11-15/h13H,2-11,14H2,1H3. The maximum Gasteiger partial charge on any atom is 0.0440 e. The first kappa shape index (κ1) is 12.6. The van der Waals surface area contributed by atoms with Gasteiger partial charge in [0.25, 0.3) is 0 Å². The Morgan fingerprint density at radius 3 is 2.53 bits per heavy atom. The summed E-state index contributed by atoms with van der Waals surface area (Å²) in [6, 6.07) is 0.194. The first-order chi connectivity index (χ1) is 7.25. The van der Waals surface area contributed by atoms with Gasteiger partial charge in [0.15, 0.2) is 0 Å². The van der Waals surface area contributed by atoms with Crippen molar-refractivity contribution in [2.75, 3.05) is 13.1 Å². The van der Waals surface area contributed by atoms with Crippen LogP contribution in [0.2, 0.25) is 0 Å². The Bertz CT molecular complexity index is 183. The van der Waals surface area contributed by atoms with E-state index in [0.717, 1.165) is 6.42 Å². The van der Waals surface area contributed by atoms with Gasteiger partial charge in [0.1, 0.15) is 0 Å². The lowest BCUT2D eigenvalue weighted by atomic mass is 10.1. The number of unbranched alkanes of at least 4 members (excludes halogenated alkanes) is 3. The molecule has 1 saturated heterocycles. The minimum Gasteiger partial charge on any atom is -0.374 e. The van der Waals surface area contributed by atoms with E-state index >= 15 is 0 Å². The molecule has 0 spiro atoms. The molecule has 0 radical (unpaired) electrons. The molecular weight excluding hydrogens is 184 g/mol. The van der Waals surface area contributed by atoms with Crippen molar-refractivity contribution in [2.45, 2.75) is 57.9 Å². The summed E-state index contributed by atoms with van der Waals surface area (Å²) >= 11 is 0. The van der Waals surface area contributed by atoms with Crippen LogP contribution < -0.4 is 5.73 Å². The Balaban J connectivity index is 2.14. The number of nitrogens with two attached hydrogens (primary N) is 1. The second-order valence-electron chi connectivity index (χ2n) is 4.64. The average molecular weight is 210 g/mol. The summed E-state index contributed by atoms with van der Waals surface area (Å²) in [7, 11) is 0. The van der Waals surface area contributed by atoms with Gasteiger partial charge in [-0.3, -0.25) is 0 Å². The summed E-state index contributed by atoms with van der Waals surface area (Å²) in [6.07, 6.45) is 8.92. The van der Waals surface area contributed by atoms with Crippen LogP contribution in [0.5, 0.6) is 0 Å². The van der Waals surface area contributed by atoms with E-state index in [9.17, 15) is 0 Å². The van der Waals surface area contributed by atoms with Crippen molar-refractivity contribution in [3.63, 3.8) is 0 Å². The molecule has 0 aromatic carbocycles. The van der Waals surface area contributed by atoms with Crippen LogP contribution in [-0.4, -0.2) is 24.0 Å². The maximum atomic E-state index is 6.14. The number of hydrogen-bond acceptors (Lipinski definition) is 2. The molecule has 2 nitrogen and oxygen atoms in total. The average Bonchev–Trinajstić information content (AvgIpc) is 2.76. The highest BCUT2D eigenvalue weighted by atomic mass is 15.2. The Kier molecular flexibility index (Phi) is 5.77. The first-order valence-corrected chi connectivity index (χ1v) is 6.45. The number of hydrogen-bond donors (Lipinski definition) is 1. The van der Waals surface area contributed by atoms with Crippen LogP contribution in [0.15, 0.2) is 12.3 Å². The van der Waals surface area contributed by atoms with Gasteiger partial charge < -0.3 is 10.6 Å². The summed E-state index contributed by atoms with van der Waals surface area (Å²) in [5.74, 6) is 0. The third kappa shape index (κ3) is 4.25. The van der Waals surface area contributed by atoms with Gasteiger partial charge in [0, 0.05) is 24.8 Å². The summed E-state index contributed by atoms with van der Waals surface area (Å²) in [5.41, 5.74) is 7.31. The van der Waals surface area contributed by atoms with E-state index in [1.54, 1.807) is 0 Å². The number of likely N-dealkylation sites (tertiary alicyclic amines) is 1. The van der Waals surface area contributed by atoms with Crippen LogP contribution in [0, 0.1) is 0 Å². The fourth-order valence-electron chi connectivity index (χ4n) is 2.20. The van der Waals surface area contributed by atoms with Gasteiger partial charge >= 0.3 is 0 Å². The van der Waals surface area contributed by atoms with E-state index in [4.69, 9.17) is 5.73 Å². The van der Waals surface area contributed by atoms with E-state index in [2.05, 4.69) is 18.4 Å². The van der Waals surface area contributed by atoms with Crippen molar-refractivity contribution in [2.24, 2.45) is 5.73 Å². The van der Waals surface area contributed by atoms with Gasteiger partial charge in [-0.1, -0.05) is 39.2 Å². The first-order valence-electron chi connectivity index (χ1n) is 6.45. The Morgan fingerprint density at radius 1 is 1.27 bits per heavy atom. The summed E-state index contributed by atoms with van der Waals surface area (Å²) in [6.45, 7) is 8.71. The molecule has 0 bridgehead atoms. The smallest absolute Gasteiger partial charge is 0.0440 e. The molecule has 1 aliphatic heterocycles. The molecule has 15 heavy (non-hydrogen) atoms. The van der Waals surface area contributed by atoms with Crippen LogP contribution in [0.25, 0.3) is 0 Å². The largest absolute Gasteiger partial charge is 0.374 e. The van der Waals surface area contributed by atoms with Crippen molar-refractivity contribution in [3.8, 4) is 0 Å². The molecule has 1 unspecified atom stereocenters. The molecule has 2 heteroatoms. The molecule has 0 amide bonds. The van der Waals surface area contributed by atoms with Gasteiger partial charge in [-0.25, -0.2) is 0 Å². The maximum absolute atomic E-state index is 6.14. The van der Waals surface area contributed by atoms with Crippen LogP contribution in [0.1, 0.15) is 51.9 Å². The lowest BCUT2D eigenvalue weighted by molar-refractivity contribution is 0.383. The summed E-state index contributed by atoms with van der Waals surface area (Å²) < 4.78 is 0. The molecule has 1 heterocycles. The molecule has 2 N–H and O–H groups in total. The molecule has 1 fully saturated rings. The number of rotatable bonds is 7. The van der Waals surface area contributed by atoms with Gasteiger partial charge in [0.2, 0.25) is 0 Å². The predicted molar refractivity (Wildman–Crippen MR) is 66.7 cm³/mol. The van der Waals surface area contributed by atoms with E-state index < -0.39 is 0 Å². The zero-order chi connectivity index (χ0) is 11.1. The Morgan fingerprint density at radius 2 is 1.93 bits per heavy atom. The fourth-order valence-corrected chi connectivity index (χ4v) is 2.20. The molecule has 1 atom stereocenters. The summed E-state index contributed by atoms with van der Waals surface area (Å²) in [5, 5.41) is 0. The lowest BCUT2D eigenvalue weighted by Crippen LogP contribution is -2.32. The summed E-state index contributed by atoms with van der Waals surface area (Å²) in [4.78, 5) is 2.37. The minimum absolute atomic E-state index is 0.194. The monoisotopic (exact) mass is 210 g/mol. The van der Waals surface area contributed by atoms with Crippen LogP contribution in [-0.2, 0) is 0 Å². The van der Waals surface area contributed by atoms with Crippen molar-refractivity contribution in [3.05, 3.63) is 12.3 Å². The molecule has 1 aliphatic rings. The van der Waals surface area contributed by atoms with E-state index in [-0.39, 0.29) is 6.04 Å². The zero-order valence-electron chi connectivity index (χ0n) is 10.2. The Labute approximate surface area is 94.5 Å². The van der Waals surface area contributed by atoms with Gasteiger partial charge in [0.05, 0.1) is 0 Å². The quantitative estimate of drug-likeness (QED) is 0.655. The highest BCUT2D eigenvalue weighted by Crippen LogP contribution is 2.18. The zero-order valence-corrected chi connectivity index (χ0v) is 10.2. The normalized spacial score (nSPS) is 18.1. The number of nitrogens with zero attached hydrogens (tertiary/aromatic N) is 1. The van der Waals surface area contributed by atoms with Crippen LogP contribution >= 0.6 is 0 Å². The van der Waals surface area contributed by atoms with Crippen molar-refractivity contribution in [1.29, 1.82) is 0 Å². The van der Waals surface area contributed by atoms with Crippen molar-refractivity contribution >= 4 is 0 Å². The van der Waals surface area contributed by atoms with E-state index in [1.165, 1.54) is 57.3 Å². The molecule has 0 aliphatic carbocycles. The van der Waals surface area contributed by atoms with E-state index in [1.807, 2.05) is 0 Å². The third-order valence-corrected chi connectivity index (χ3v) is 3.31. The molecular formula is C13H26N2. The second-order valence-corrected chi connectivity index (χ2v) is 4.64. The van der Waals surface area contributed by atoms with Crippen LogP contribution in [0.3, 0.4) is 0 Å². The SMILES string of the molecule is C=C(C(N)CCCCCC)N1CCCC1. The van der Waals surface area contributed by atoms with Crippen molar-refractivity contribution in [1.82, 2.24) is 4.90 Å². The molecule has 0 aromatic heterocycles. The lowest BCUT2D eigenvalue weighted by Gasteiger charge is -2.25. The Hall–Kier alpha value is -0.500. The fraction of sp³-hybridized carbons (Fsp3) is 0.846. The molecule has 0 aromatic rings. The molecule has 0 saturated carbocycles. The van der Waals surface area contributed by atoms with Crippen LogP contribution in [0.4, 0.5) is 0 Å².